The molecular weight excluding hydrogens is 275 g/mol. The number of rotatable bonds is 4. The summed E-state index contributed by atoms with van der Waals surface area (Å²) in [4.78, 5) is 19.3. The van der Waals surface area contributed by atoms with E-state index >= 15 is 0 Å². The van der Waals surface area contributed by atoms with Crippen LogP contribution in [0.15, 0.2) is 6.33 Å². The second kappa shape index (κ2) is 6.31. The molecule has 1 aromatic rings. The molecule has 2 heterocycles. The van der Waals surface area contributed by atoms with Gasteiger partial charge in [0.1, 0.15) is 12.0 Å². The van der Waals surface area contributed by atoms with Gasteiger partial charge in [-0.1, -0.05) is 23.2 Å². The third kappa shape index (κ3) is 3.54. The maximum atomic E-state index is 11.8. The molecule has 7 heteroatoms. The molecule has 5 nitrogen and oxygen atoms in total. The lowest BCUT2D eigenvalue weighted by Gasteiger charge is -2.09. The van der Waals surface area contributed by atoms with Gasteiger partial charge in [0.25, 0.3) is 0 Å². The number of nitrogens with zero attached hydrogens (tertiary/aromatic N) is 2. The number of hydrogen-bond donors (Lipinski definition) is 2. The molecule has 1 aliphatic rings. The van der Waals surface area contributed by atoms with Crippen molar-refractivity contribution in [3.63, 3.8) is 0 Å². The van der Waals surface area contributed by atoms with Crippen LogP contribution >= 0.6 is 23.2 Å². The van der Waals surface area contributed by atoms with Gasteiger partial charge in [-0.25, -0.2) is 9.97 Å². The van der Waals surface area contributed by atoms with E-state index in [0.29, 0.717) is 12.3 Å². The van der Waals surface area contributed by atoms with Crippen LogP contribution in [0, 0.1) is 5.92 Å². The molecule has 0 aliphatic carbocycles. The Labute approximate surface area is 115 Å². The summed E-state index contributed by atoms with van der Waals surface area (Å²) in [5.41, 5.74) is 0.287. The van der Waals surface area contributed by atoms with Gasteiger partial charge in [0, 0.05) is 6.42 Å². The van der Waals surface area contributed by atoms with Crippen molar-refractivity contribution in [2.45, 2.75) is 19.3 Å². The molecule has 0 saturated carbocycles. The first kappa shape index (κ1) is 13.5. The topological polar surface area (TPSA) is 66.9 Å². The van der Waals surface area contributed by atoms with Crippen LogP contribution in [0.1, 0.15) is 19.3 Å². The first-order valence-corrected chi connectivity index (χ1v) is 6.59. The van der Waals surface area contributed by atoms with Gasteiger partial charge in [0.2, 0.25) is 5.91 Å². The molecule has 1 fully saturated rings. The van der Waals surface area contributed by atoms with E-state index < -0.39 is 0 Å². The average Bonchev–Trinajstić information content (AvgIpc) is 2.84. The third-order valence-electron chi connectivity index (χ3n) is 2.96. The fourth-order valence-corrected chi connectivity index (χ4v) is 2.35. The average molecular weight is 289 g/mol. The van der Waals surface area contributed by atoms with Crippen molar-refractivity contribution in [2.75, 3.05) is 18.4 Å². The number of halogens is 2. The third-order valence-corrected chi connectivity index (χ3v) is 3.53. The van der Waals surface area contributed by atoms with Crippen molar-refractivity contribution in [1.82, 2.24) is 15.3 Å². The van der Waals surface area contributed by atoms with Crippen LogP contribution < -0.4 is 10.6 Å². The van der Waals surface area contributed by atoms with E-state index in [4.69, 9.17) is 23.2 Å². The van der Waals surface area contributed by atoms with Crippen LogP contribution in [0.25, 0.3) is 0 Å². The van der Waals surface area contributed by atoms with Crippen molar-refractivity contribution >= 4 is 34.8 Å². The van der Waals surface area contributed by atoms with Gasteiger partial charge < -0.3 is 10.6 Å². The minimum Gasteiger partial charge on any atom is -0.321 e. The van der Waals surface area contributed by atoms with E-state index in [9.17, 15) is 4.79 Å². The molecule has 2 N–H and O–H groups in total. The van der Waals surface area contributed by atoms with Crippen molar-refractivity contribution in [3.8, 4) is 0 Å². The summed E-state index contributed by atoms with van der Waals surface area (Å²) in [5, 5.41) is 6.24. The molecule has 1 amide bonds. The molecule has 0 aromatic carbocycles. The van der Waals surface area contributed by atoms with Crippen molar-refractivity contribution in [2.24, 2.45) is 5.92 Å². The molecule has 0 bridgehead atoms. The van der Waals surface area contributed by atoms with E-state index in [1.54, 1.807) is 0 Å². The lowest BCUT2D eigenvalue weighted by molar-refractivity contribution is -0.116. The van der Waals surface area contributed by atoms with Gasteiger partial charge >= 0.3 is 0 Å². The van der Waals surface area contributed by atoms with Crippen LogP contribution in [0.2, 0.25) is 10.3 Å². The minimum absolute atomic E-state index is 0.111. The van der Waals surface area contributed by atoms with Crippen molar-refractivity contribution < 1.29 is 4.79 Å². The van der Waals surface area contributed by atoms with E-state index in [1.807, 2.05) is 0 Å². The molecule has 0 radical (unpaired) electrons. The molecule has 0 spiro atoms. The summed E-state index contributed by atoms with van der Waals surface area (Å²) in [5.74, 6) is 0.467. The Morgan fingerprint density at radius 1 is 1.44 bits per heavy atom. The monoisotopic (exact) mass is 288 g/mol. The molecule has 1 unspecified atom stereocenters. The maximum absolute atomic E-state index is 11.8. The number of carbonyl (C=O) groups is 1. The van der Waals surface area contributed by atoms with Gasteiger partial charge in [-0.15, -0.1) is 0 Å². The quantitative estimate of drug-likeness (QED) is 0.833. The Hall–Kier alpha value is -0.910. The van der Waals surface area contributed by atoms with Gasteiger partial charge in [0.15, 0.2) is 10.3 Å². The minimum atomic E-state index is -0.111. The molecule has 2 rings (SSSR count). The smallest absolute Gasteiger partial charge is 0.224 e. The highest BCUT2D eigenvalue weighted by atomic mass is 35.5. The zero-order valence-electron chi connectivity index (χ0n) is 9.75. The first-order valence-electron chi connectivity index (χ1n) is 5.83. The van der Waals surface area contributed by atoms with E-state index in [1.165, 1.54) is 6.33 Å². The van der Waals surface area contributed by atoms with Gasteiger partial charge in [-0.05, 0) is 31.8 Å². The zero-order valence-corrected chi connectivity index (χ0v) is 11.3. The summed E-state index contributed by atoms with van der Waals surface area (Å²) < 4.78 is 0. The Bertz CT molecular complexity index is 415. The van der Waals surface area contributed by atoms with E-state index in [2.05, 4.69) is 20.6 Å². The van der Waals surface area contributed by atoms with Crippen LogP contribution in [0.3, 0.4) is 0 Å². The highest BCUT2D eigenvalue weighted by molar-refractivity contribution is 6.38. The summed E-state index contributed by atoms with van der Waals surface area (Å²) >= 11 is 11.7. The molecule has 98 valence electrons. The highest BCUT2D eigenvalue weighted by Gasteiger charge is 2.17. The lowest BCUT2D eigenvalue weighted by atomic mass is 10.0. The van der Waals surface area contributed by atoms with Crippen LogP contribution in [0.5, 0.6) is 0 Å². The summed E-state index contributed by atoms with van der Waals surface area (Å²) in [7, 11) is 0. The molecule has 1 aliphatic heterocycles. The summed E-state index contributed by atoms with van der Waals surface area (Å²) in [6.45, 7) is 2.03. The second-order valence-corrected chi connectivity index (χ2v) is 4.99. The Morgan fingerprint density at radius 2 is 2.17 bits per heavy atom. The maximum Gasteiger partial charge on any atom is 0.224 e. The Balaban J connectivity index is 1.86. The number of hydrogen-bond acceptors (Lipinski definition) is 4. The standard InChI is InChI=1S/C11H14Cl2N4O/c12-10-9(11(13)16-6-15-10)17-8(18)2-1-7-3-4-14-5-7/h6-7,14H,1-5H2,(H,17,18). The highest BCUT2D eigenvalue weighted by Crippen LogP contribution is 2.26. The van der Waals surface area contributed by atoms with Crippen LogP contribution in [-0.4, -0.2) is 29.0 Å². The summed E-state index contributed by atoms with van der Waals surface area (Å²) in [6.07, 6.45) is 3.70. The fraction of sp³-hybridized carbons (Fsp3) is 0.545. The zero-order chi connectivity index (χ0) is 13.0. The van der Waals surface area contributed by atoms with Crippen LogP contribution in [-0.2, 0) is 4.79 Å². The number of anilines is 1. The van der Waals surface area contributed by atoms with Crippen molar-refractivity contribution in [1.29, 1.82) is 0 Å². The van der Waals surface area contributed by atoms with Crippen LogP contribution in [0.4, 0.5) is 5.69 Å². The first-order chi connectivity index (χ1) is 8.66. The molecule has 18 heavy (non-hydrogen) atoms. The largest absolute Gasteiger partial charge is 0.321 e. The molecule has 1 saturated heterocycles. The van der Waals surface area contributed by atoms with E-state index in [-0.39, 0.29) is 21.9 Å². The Morgan fingerprint density at radius 3 is 2.78 bits per heavy atom. The van der Waals surface area contributed by atoms with E-state index in [0.717, 1.165) is 25.9 Å². The lowest BCUT2D eigenvalue weighted by Crippen LogP contribution is -2.15. The van der Waals surface area contributed by atoms with Gasteiger partial charge in [-0.2, -0.15) is 0 Å². The number of nitrogens with one attached hydrogen (secondary N) is 2. The normalized spacial score (nSPS) is 18.9. The molecular formula is C11H14Cl2N4O. The van der Waals surface area contributed by atoms with Gasteiger partial charge in [-0.3, -0.25) is 4.79 Å². The number of aromatic nitrogens is 2. The SMILES string of the molecule is O=C(CCC1CCNC1)Nc1c(Cl)ncnc1Cl. The molecule has 1 atom stereocenters. The van der Waals surface area contributed by atoms with Gasteiger partial charge in [0.05, 0.1) is 0 Å². The number of amides is 1. The Kier molecular flexibility index (Phi) is 4.74. The fourth-order valence-electron chi connectivity index (χ4n) is 1.95. The predicted molar refractivity (Wildman–Crippen MR) is 70.9 cm³/mol. The second-order valence-electron chi connectivity index (χ2n) is 4.28. The predicted octanol–water partition coefficient (Wildman–Crippen LogP) is 2.11. The molecule has 1 aromatic heterocycles. The van der Waals surface area contributed by atoms with Crippen molar-refractivity contribution in [3.05, 3.63) is 16.6 Å². The number of carbonyl (C=O) groups excluding carboxylic acids is 1. The summed E-state index contributed by atoms with van der Waals surface area (Å²) in [6, 6.07) is 0.